The molecule has 1 rings (SSSR count). The fraction of sp³-hybridized carbons (Fsp3) is 0.111. The van der Waals surface area contributed by atoms with Crippen molar-refractivity contribution < 1.29 is 19.4 Å². The number of aromatic carboxylic acids is 1. The first-order valence-electron chi connectivity index (χ1n) is 3.88. The van der Waals surface area contributed by atoms with Gasteiger partial charge >= 0.3 is 11.9 Å². The molecule has 0 bridgehead atoms. The van der Waals surface area contributed by atoms with Crippen molar-refractivity contribution >= 4 is 33.6 Å². The average molecular weight is 274 g/mol. The molecule has 3 N–H and O–H groups in total. The van der Waals surface area contributed by atoms with Gasteiger partial charge in [0.25, 0.3) is 0 Å². The molecule has 0 aromatic heterocycles. The summed E-state index contributed by atoms with van der Waals surface area (Å²) >= 11 is 3.05. The molecule has 5 nitrogen and oxygen atoms in total. The van der Waals surface area contributed by atoms with E-state index in [1.807, 2.05) is 0 Å². The van der Waals surface area contributed by atoms with Gasteiger partial charge in [-0.2, -0.15) is 0 Å². The van der Waals surface area contributed by atoms with Crippen molar-refractivity contribution in [2.75, 3.05) is 12.8 Å². The number of esters is 1. The SMILES string of the molecule is COC(=O)c1ccc(C(=O)O)c(N)c1Br. The van der Waals surface area contributed by atoms with Crippen LogP contribution in [0.25, 0.3) is 0 Å². The number of carbonyl (C=O) groups excluding carboxylic acids is 1. The molecule has 15 heavy (non-hydrogen) atoms. The maximum Gasteiger partial charge on any atom is 0.339 e. The second-order valence-electron chi connectivity index (χ2n) is 2.69. The Morgan fingerprint density at radius 3 is 2.40 bits per heavy atom. The molecular weight excluding hydrogens is 266 g/mol. The lowest BCUT2D eigenvalue weighted by Crippen LogP contribution is -2.08. The highest BCUT2D eigenvalue weighted by molar-refractivity contribution is 9.10. The number of carboxylic acid groups (broad SMARTS) is 1. The lowest BCUT2D eigenvalue weighted by Gasteiger charge is -2.07. The van der Waals surface area contributed by atoms with E-state index in [0.29, 0.717) is 0 Å². The van der Waals surface area contributed by atoms with Gasteiger partial charge in [0.15, 0.2) is 0 Å². The lowest BCUT2D eigenvalue weighted by atomic mass is 10.1. The first kappa shape index (κ1) is 11.5. The van der Waals surface area contributed by atoms with E-state index in [2.05, 4.69) is 20.7 Å². The van der Waals surface area contributed by atoms with Gasteiger partial charge in [-0.1, -0.05) is 0 Å². The summed E-state index contributed by atoms with van der Waals surface area (Å²) in [6.07, 6.45) is 0. The molecule has 0 saturated carbocycles. The molecule has 0 atom stereocenters. The fourth-order valence-electron chi connectivity index (χ4n) is 1.05. The van der Waals surface area contributed by atoms with Crippen molar-refractivity contribution in [1.82, 2.24) is 0 Å². The predicted octanol–water partition coefficient (Wildman–Crippen LogP) is 1.52. The summed E-state index contributed by atoms with van der Waals surface area (Å²) in [5.41, 5.74) is 5.68. The van der Waals surface area contributed by atoms with Gasteiger partial charge in [0.1, 0.15) is 0 Å². The van der Waals surface area contributed by atoms with E-state index in [-0.39, 0.29) is 21.3 Å². The zero-order chi connectivity index (χ0) is 11.6. The summed E-state index contributed by atoms with van der Waals surface area (Å²) in [6.45, 7) is 0. The topological polar surface area (TPSA) is 89.6 Å². The average Bonchev–Trinajstić information content (AvgIpc) is 2.20. The van der Waals surface area contributed by atoms with E-state index in [4.69, 9.17) is 10.8 Å². The second kappa shape index (κ2) is 4.31. The number of rotatable bonds is 2. The summed E-state index contributed by atoms with van der Waals surface area (Å²) in [5, 5.41) is 8.76. The van der Waals surface area contributed by atoms with E-state index in [1.54, 1.807) is 0 Å². The number of nitrogen functional groups attached to an aromatic ring is 1. The Morgan fingerprint density at radius 1 is 1.40 bits per heavy atom. The van der Waals surface area contributed by atoms with Crippen LogP contribution in [0.5, 0.6) is 0 Å². The summed E-state index contributed by atoms with van der Waals surface area (Å²) in [6, 6.07) is 2.60. The molecule has 0 spiro atoms. The number of carboxylic acids is 1. The number of halogens is 1. The van der Waals surface area contributed by atoms with Crippen LogP contribution in [0.15, 0.2) is 16.6 Å². The molecule has 1 aromatic carbocycles. The Labute approximate surface area is 94.0 Å². The van der Waals surface area contributed by atoms with Crippen LogP contribution < -0.4 is 5.73 Å². The predicted molar refractivity (Wildman–Crippen MR) is 56.9 cm³/mol. The van der Waals surface area contributed by atoms with Crippen LogP contribution in [0.3, 0.4) is 0 Å². The second-order valence-corrected chi connectivity index (χ2v) is 3.48. The van der Waals surface area contributed by atoms with Crippen molar-refractivity contribution in [3.8, 4) is 0 Å². The third kappa shape index (κ3) is 2.10. The van der Waals surface area contributed by atoms with Crippen LogP contribution in [0.2, 0.25) is 0 Å². The maximum atomic E-state index is 11.2. The number of hydrogen-bond acceptors (Lipinski definition) is 4. The smallest absolute Gasteiger partial charge is 0.339 e. The molecule has 0 saturated heterocycles. The van der Waals surface area contributed by atoms with Crippen LogP contribution in [-0.4, -0.2) is 24.2 Å². The van der Waals surface area contributed by atoms with Crippen LogP contribution >= 0.6 is 15.9 Å². The quantitative estimate of drug-likeness (QED) is 0.630. The number of hydrogen-bond donors (Lipinski definition) is 2. The van der Waals surface area contributed by atoms with Gasteiger partial charge in [-0.25, -0.2) is 9.59 Å². The normalized spacial score (nSPS) is 9.73. The Morgan fingerprint density at radius 2 is 1.93 bits per heavy atom. The highest BCUT2D eigenvalue weighted by atomic mass is 79.9. The molecule has 0 heterocycles. The van der Waals surface area contributed by atoms with Crippen molar-refractivity contribution in [2.24, 2.45) is 0 Å². The monoisotopic (exact) mass is 273 g/mol. The van der Waals surface area contributed by atoms with Crippen LogP contribution in [0.1, 0.15) is 20.7 Å². The standard InChI is InChI=1S/C9H8BrNO4/c1-15-9(14)4-2-3-5(8(12)13)7(11)6(4)10/h2-3H,11H2,1H3,(H,12,13). The van der Waals surface area contributed by atoms with Crippen LogP contribution in [-0.2, 0) is 4.74 Å². The number of ether oxygens (including phenoxy) is 1. The van der Waals surface area contributed by atoms with Gasteiger partial charge in [-0.3, -0.25) is 0 Å². The van der Waals surface area contributed by atoms with Crippen molar-refractivity contribution in [1.29, 1.82) is 0 Å². The molecule has 0 aliphatic heterocycles. The van der Waals surface area contributed by atoms with Gasteiger partial charge in [0, 0.05) is 0 Å². The maximum absolute atomic E-state index is 11.2. The zero-order valence-corrected chi connectivity index (χ0v) is 9.37. The molecule has 80 valence electrons. The lowest BCUT2D eigenvalue weighted by molar-refractivity contribution is 0.0597. The first-order valence-corrected chi connectivity index (χ1v) is 4.68. The highest BCUT2D eigenvalue weighted by Gasteiger charge is 2.17. The third-order valence-electron chi connectivity index (χ3n) is 1.82. The fourth-order valence-corrected chi connectivity index (χ4v) is 1.55. The number of anilines is 1. The molecule has 0 fully saturated rings. The Hall–Kier alpha value is -1.56. The van der Waals surface area contributed by atoms with E-state index in [0.717, 1.165) is 0 Å². The minimum atomic E-state index is -1.15. The Kier molecular flexibility index (Phi) is 3.31. The number of benzene rings is 1. The first-order chi connectivity index (χ1) is 6.99. The van der Waals surface area contributed by atoms with Crippen molar-refractivity contribution in [3.63, 3.8) is 0 Å². The van der Waals surface area contributed by atoms with E-state index in [1.165, 1.54) is 19.2 Å². The van der Waals surface area contributed by atoms with Crippen molar-refractivity contribution in [3.05, 3.63) is 27.7 Å². The van der Waals surface area contributed by atoms with Gasteiger partial charge in [0.2, 0.25) is 0 Å². The highest BCUT2D eigenvalue weighted by Crippen LogP contribution is 2.28. The molecule has 1 aromatic rings. The van der Waals surface area contributed by atoms with E-state index >= 15 is 0 Å². The summed E-state index contributed by atoms with van der Waals surface area (Å²) in [5.74, 6) is -1.73. The van der Waals surface area contributed by atoms with Gasteiger partial charge in [-0.05, 0) is 28.1 Å². The minimum Gasteiger partial charge on any atom is -0.478 e. The Balaban J connectivity index is 3.33. The Bertz CT molecular complexity index is 430. The van der Waals surface area contributed by atoms with E-state index in [9.17, 15) is 9.59 Å². The minimum absolute atomic E-state index is 0.00500. The molecule has 0 amide bonds. The third-order valence-corrected chi connectivity index (χ3v) is 2.67. The zero-order valence-electron chi connectivity index (χ0n) is 7.78. The molecule has 0 unspecified atom stereocenters. The molecule has 0 radical (unpaired) electrons. The van der Waals surface area contributed by atoms with Gasteiger partial charge < -0.3 is 15.6 Å². The summed E-state index contributed by atoms with van der Waals surface area (Å²) in [4.78, 5) is 21.9. The van der Waals surface area contributed by atoms with Crippen molar-refractivity contribution in [2.45, 2.75) is 0 Å². The number of methoxy groups -OCH3 is 1. The van der Waals surface area contributed by atoms with Gasteiger partial charge in [0.05, 0.1) is 28.4 Å². The van der Waals surface area contributed by atoms with Crippen LogP contribution in [0.4, 0.5) is 5.69 Å². The largest absolute Gasteiger partial charge is 0.478 e. The molecule has 0 aliphatic carbocycles. The summed E-state index contributed by atoms with van der Waals surface area (Å²) < 4.78 is 4.73. The van der Waals surface area contributed by atoms with E-state index < -0.39 is 11.9 Å². The molecule has 6 heteroatoms. The number of carbonyl (C=O) groups is 2. The number of nitrogens with two attached hydrogens (primary N) is 1. The summed E-state index contributed by atoms with van der Waals surface area (Å²) in [7, 11) is 1.23. The van der Waals surface area contributed by atoms with Crippen LogP contribution in [0, 0.1) is 0 Å². The molecular formula is C9H8BrNO4. The van der Waals surface area contributed by atoms with Gasteiger partial charge in [-0.15, -0.1) is 0 Å². The molecule has 0 aliphatic rings.